The van der Waals surface area contributed by atoms with Crippen LogP contribution in [0.5, 0.6) is 5.75 Å². The largest absolute Gasteiger partial charge is 0.489 e. The van der Waals surface area contributed by atoms with Crippen LogP contribution in [-0.4, -0.2) is 36.4 Å². The summed E-state index contributed by atoms with van der Waals surface area (Å²) in [5.41, 5.74) is 1.24. The van der Waals surface area contributed by atoms with Crippen molar-refractivity contribution in [2.24, 2.45) is 0 Å². The number of hydrogen-bond acceptors (Lipinski definition) is 3. The van der Waals surface area contributed by atoms with Gasteiger partial charge >= 0.3 is 0 Å². The molecular weight excluding hydrogens is 257 g/mol. The second-order valence-corrected chi connectivity index (χ2v) is 5.56. The van der Waals surface area contributed by atoms with E-state index in [-0.39, 0.29) is 17.6 Å². The summed E-state index contributed by atoms with van der Waals surface area (Å²) < 4.78 is 19.4. The van der Waals surface area contributed by atoms with E-state index in [2.05, 4.69) is 25.7 Å². The van der Waals surface area contributed by atoms with E-state index in [1.165, 1.54) is 12.1 Å². The van der Waals surface area contributed by atoms with Crippen molar-refractivity contribution >= 4 is 6.29 Å². The first kappa shape index (κ1) is 15.0. The Kier molecular flexibility index (Phi) is 4.76. The Hall–Kier alpha value is -1.42. The molecule has 0 aliphatic carbocycles. The maximum absolute atomic E-state index is 13.8. The summed E-state index contributed by atoms with van der Waals surface area (Å²) in [5, 5.41) is 0. The lowest BCUT2D eigenvalue weighted by molar-refractivity contribution is 0.0893. The zero-order valence-electron chi connectivity index (χ0n) is 12.4. The Morgan fingerprint density at radius 2 is 2.25 bits per heavy atom. The topological polar surface area (TPSA) is 29.5 Å². The number of carbonyl (C=O) groups excluding carboxylic acids is 1. The fourth-order valence-corrected chi connectivity index (χ4v) is 2.90. The van der Waals surface area contributed by atoms with E-state index >= 15 is 0 Å². The van der Waals surface area contributed by atoms with Gasteiger partial charge in [0.2, 0.25) is 0 Å². The first-order chi connectivity index (χ1) is 9.58. The van der Waals surface area contributed by atoms with Gasteiger partial charge in [0.1, 0.15) is 12.9 Å². The lowest BCUT2D eigenvalue weighted by Crippen LogP contribution is -2.47. The predicted molar refractivity (Wildman–Crippen MR) is 76.9 cm³/mol. The van der Waals surface area contributed by atoms with Crippen LogP contribution in [0.2, 0.25) is 0 Å². The number of hydrogen-bond donors (Lipinski definition) is 0. The Labute approximate surface area is 119 Å². The molecule has 4 heteroatoms. The van der Waals surface area contributed by atoms with Crippen LogP contribution in [0.1, 0.15) is 43.1 Å². The second kappa shape index (κ2) is 6.35. The third kappa shape index (κ3) is 2.85. The zero-order valence-corrected chi connectivity index (χ0v) is 12.4. The average Bonchev–Trinajstić information content (AvgIpc) is 2.44. The van der Waals surface area contributed by atoms with Gasteiger partial charge in [0.15, 0.2) is 11.6 Å². The van der Waals surface area contributed by atoms with E-state index in [9.17, 15) is 9.18 Å². The van der Waals surface area contributed by atoms with Crippen LogP contribution in [0, 0.1) is 5.82 Å². The van der Waals surface area contributed by atoms with Gasteiger partial charge in [0.05, 0.1) is 0 Å². The number of aldehydes is 1. The van der Waals surface area contributed by atoms with Crippen molar-refractivity contribution in [3.63, 3.8) is 0 Å². The molecule has 1 aliphatic heterocycles. The average molecular weight is 279 g/mol. The highest BCUT2D eigenvalue weighted by atomic mass is 19.1. The summed E-state index contributed by atoms with van der Waals surface area (Å²) in [5.74, 6) is -0.123. The predicted octanol–water partition coefficient (Wildman–Crippen LogP) is 3.06. The van der Waals surface area contributed by atoms with Gasteiger partial charge in [-0.1, -0.05) is 6.92 Å². The van der Waals surface area contributed by atoms with Gasteiger partial charge in [0, 0.05) is 23.2 Å². The molecule has 0 spiro atoms. The summed E-state index contributed by atoms with van der Waals surface area (Å²) in [6, 6.07) is 3.43. The summed E-state index contributed by atoms with van der Waals surface area (Å²) in [4.78, 5) is 13.5. The van der Waals surface area contributed by atoms with Crippen molar-refractivity contribution in [2.45, 2.75) is 45.7 Å². The molecular formula is C16H22FNO2. The SMILES string of the molecule is CCCN(C(C)C)[C@H]1COc2c(F)ccc(C=O)c2C1. The van der Waals surface area contributed by atoms with Crippen molar-refractivity contribution in [1.82, 2.24) is 4.90 Å². The summed E-state index contributed by atoms with van der Waals surface area (Å²) >= 11 is 0. The third-order valence-corrected chi connectivity index (χ3v) is 3.85. The minimum absolute atomic E-state index is 0.197. The van der Waals surface area contributed by atoms with Gasteiger partial charge in [-0.15, -0.1) is 0 Å². The van der Waals surface area contributed by atoms with E-state index in [4.69, 9.17) is 4.74 Å². The van der Waals surface area contributed by atoms with Crippen molar-refractivity contribution in [3.05, 3.63) is 29.1 Å². The van der Waals surface area contributed by atoms with Crippen molar-refractivity contribution in [2.75, 3.05) is 13.2 Å². The minimum atomic E-state index is -0.379. The molecule has 0 saturated carbocycles. The van der Waals surface area contributed by atoms with Crippen molar-refractivity contribution in [1.29, 1.82) is 0 Å². The van der Waals surface area contributed by atoms with E-state index in [0.717, 1.165) is 19.3 Å². The molecule has 0 bridgehead atoms. The molecule has 0 fully saturated rings. The Morgan fingerprint density at radius 3 is 2.85 bits per heavy atom. The molecule has 1 heterocycles. The Balaban J connectivity index is 2.29. The van der Waals surface area contributed by atoms with Crippen LogP contribution in [0.15, 0.2) is 12.1 Å². The zero-order chi connectivity index (χ0) is 14.7. The first-order valence-corrected chi connectivity index (χ1v) is 7.23. The van der Waals surface area contributed by atoms with Gasteiger partial charge in [-0.25, -0.2) is 4.39 Å². The van der Waals surface area contributed by atoms with E-state index < -0.39 is 0 Å². The molecule has 0 unspecified atom stereocenters. The first-order valence-electron chi connectivity index (χ1n) is 7.23. The van der Waals surface area contributed by atoms with Gasteiger partial charge < -0.3 is 4.74 Å². The quantitative estimate of drug-likeness (QED) is 0.776. The van der Waals surface area contributed by atoms with Crippen LogP contribution in [0.4, 0.5) is 4.39 Å². The number of carbonyl (C=O) groups is 1. The molecule has 0 saturated heterocycles. The maximum Gasteiger partial charge on any atom is 0.165 e. The van der Waals surface area contributed by atoms with Gasteiger partial charge in [-0.3, -0.25) is 9.69 Å². The van der Waals surface area contributed by atoms with E-state index in [1.54, 1.807) is 0 Å². The molecule has 0 N–H and O–H groups in total. The smallest absolute Gasteiger partial charge is 0.165 e. The molecule has 0 aromatic heterocycles. The molecule has 1 aromatic rings. The van der Waals surface area contributed by atoms with Crippen LogP contribution in [-0.2, 0) is 6.42 Å². The molecule has 0 radical (unpaired) electrons. The monoisotopic (exact) mass is 279 g/mol. The van der Waals surface area contributed by atoms with Gasteiger partial charge in [-0.2, -0.15) is 0 Å². The highest BCUT2D eigenvalue weighted by molar-refractivity contribution is 5.79. The number of ether oxygens (including phenoxy) is 1. The standard InChI is InChI=1S/C16H22FNO2/c1-4-7-18(11(2)3)13-8-14-12(9-19)5-6-15(17)16(14)20-10-13/h5-6,9,11,13H,4,7-8,10H2,1-3H3/t13-/m1/s1. The van der Waals surface area contributed by atoms with Crippen molar-refractivity contribution < 1.29 is 13.9 Å². The maximum atomic E-state index is 13.8. The molecule has 110 valence electrons. The molecule has 20 heavy (non-hydrogen) atoms. The van der Waals surface area contributed by atoms with Crippen molar-refractivity contribution in [3.8, 4) is 5.75 Å². The number of fused-ring (bicyclic) bond motifs is 1. The normalized spacial score (nSPS) is 18.0. The Morgan fingerprint density at radius 1 is 1.50 bits per heavy atom. The minimum Gasteiger partial charge on any atom is -0.489 e. The molecule has 2 rings (SSSR count). The lowest BCUT2D eigenvalue weighted by atomic mass is 9.96. The summed E-state index contributed by atoms with van der Waals surface area (Å²) in [6.07, 6.45) is 2.51. The van der Waals surface area contributed by atoms with Crippen LogP contribution in [0.3, 0.4) is 0 Å². The number of nitrogens with zero attached hydrogens (tertiary/aromatic N) is 1. The summed E-state index contributed by atoms with van der Waals surface area (Å²) in [6.45, 7) is 7.90. The lowest BCUT2D eigenvalue weighted by Gasteiger charge is -2.37. The highest BCUT2D eigenvalue weighted by Crippen LogP contribution is 2.32. The summed E-state index contributed by atoms with van der Waals surface area (Å²) in [7, 11) is 0. The number of benzene rings is 1. The molecule has 1 atom stereocenters. The van der Waals surface area contributed by atoms with Crippen LogP contribution in [0.25, 0.3) is 0 Å². The van der Waals surface area contributed by atoms with Gasteiger partial charge in [0.25, 0.3) is 0 Å². The molecule has 3 nitrogen and oxygen atoms in total. The fourth-order valence-electron chi connectivity index (χ4n) is 2.90. The molecule has 1 aliphatic rings. The van der Waals surface area contributed by atoms with Gasteiger partial charge in [-0.05, 0) is 45.4 Å². The third-order valence-electron chi connectivity index (χ3n) is 3.85. The van der Waals surface area contributed by atoms with E-state index in [1.807, 2.05) is 0 Å². The fraction of sp³-hybridized carbons (Fsp3) is 0.562. The van der Waals surface area contributed by atoms with Crippen LogP contribution >= 0.6 is 0 Å². The number of rotatable bonds is 5. The van der Waals surface area contributed by atoms with Crippen LogP contribution < -0.4 is 4.74 Å². The molecule has 1 aromatic carbocycles. The highest BCUT2D eigenvalue weighted by Gasteiger charge is 2.29. The number of halogens is 1. The second-order valence-electron chi connectivity index (χ2n) is 5.56. The molecule has 0 amide bonds. The van der Waals surface area contributed by atoms with E-state index in [0.29, 0.717) is 30.2 Å². The Bertz CT molecular complexity index is 488.